The zero-order valence-corrected chi connectivity index (χ0v) is 15.1. The average molecular weight is 374 g/mol. The molecule has 8 heteroatoms. The third-order valence-electron chi connectivity index (χ3n) is 3.71. The minimum atomic E-state index is -0.894. The van der Waals surface area contributed by atoms with Crippen LogP contribution in [-0.2, 0) is 16.0 Å². The molecule has 0 radical (unpaired) electrons. The summed E-state index contributed by atoms with van der Waals surface area (Å²) in [5.74, 6) is -1.16. The molecule has 2 aromatic carbocycles. The maximum absolute atomic E-state index is 12.5. The van der Waals surface area contributed by atoms with E-state index >= 15 is 0 Å². The van der Waals surface area contributed by atoms with E-state index in [2.05, 4.69) is 5.32 Å². The molecule has 26 heavy (non-hydrogen) atoms. The van der Waals surface area contributed by atoms with Gasteiger partial charge in [-0.3, -0.25) is 14.9 Å². The van der Waals surface area contributed by atoms with Crippen LogP contribution in [0.1, 0.15) is 15.9 Å². The zero-order valence-electron chi connectivity index (χ0n) is 14.3. The largest absolute Gasteiger partial charge is 0.467 e. The summed E-state index contributed by atoms with van der Waals surface area (Å²) in [4.78, 5) is 35.6. The first kappa shape index (κ1) is 19.5. The van der Waals surface area contributed by atoms with Crippen LogP contribution >= 0.6 is 11.8 Å². The van der Waals surface area contributed by atoms with Gasteiger partial charge in [0.1, 0.15) is 6.04 Å². The Hall–Kier alpha value is -2.87. The van der Waals surface area contributed by atoms with E-state index in [4.69, 9.17) is 4.74 Å². The third-order valence-corrected chi connectivity index (χ3v) is 4.50. The predicted molar refractivity (Wildman–Crippen MR) is 98.3 cm³/mol. The van der Waals surface area contributed by atoms with E-state index in [1.807, 2.05) is 30.3 Å². The van der Waals surface area contributed by atoms with Gasteiger partial charge >= 0.3 is 5.97 Å². The summed E-state index contributed by atoms with van der Waals surface area (Å²) >= 11 is 1.22. The smallest absolute Gasteiger partial charge is 0.328 e. The molecule has 7 nitrogen and oxygen atoms in total. The van der Waals surface area contributed by atoms with Gasteiger partial charge in [0, 0.05) is 18.1 Å². The number of carbonyl (C=O) groups excluding carboxylic acids is 2. The number of methoxy groups -OCH3 is 1. The fourth-order valence-corrected chi connectivity index (χ4v) is 2.95. The lowest BCUT2D eigenvalue weighted by atomic mass is 10.1. The summed E-state index contributed by atoms with van der Waals surface area (Å²) < 4.78 is 4.75. The highest BCUT2D eigenvalue weighted by molar-refractivity contribution is 7.98. The van der Waals surface area contributed by atoms with Crippen molar-refractivity contribution in [3.8, 4) is 0 Å². The van der Waals surface area contributed by atoms with E-state index in [-0.39, 0.29) is 17.7 Å². The van der Waals surface area contributed by atoms with Crippen LogP contribution in [0.5, 0.6) is 0 Å². The zero-order chi connectivity index (χ0) is 19.1. The second kappa shape index (κ2) is 9.00. The second-order valence-corrected chi connectivity index (χ2v) is 6.23. The molecule has 0 aliphatic carbocycles. The Kier molecular flexibility index (Phi) is 6.74. The molecule has 0 saturated carbocycles. The van der Waals surface area contributed by atoms with Gasteiger partial charge in [0.15, 0.2) is 0 Å². The Labute approximate surface area is 154 Å². The number of nitrogens with zero attached hydrogens (tertiary/aromatic N) is 1. The number of nitro groups is 1. The first-order valence-electron chi connectivity index (χ1n) is 7.71. The monoisotopic (exact) mass is 374 g/mol. The van der Waals surface area contributed by atoms with Crippen LogP contribution in [0.15, 0.2) is 53.4 Å². The highest BCUT2D eigenvalue weighted by Gasteiger charge is 2.24. The van der Waals surface area contributed by atoms with Crippen LogP contribution in [0.4, 0.5) is 5.69 Å². The number of hydrogen-bond donors (Lipinski definition) is 1. The van der Waals surface area contributed by atoms with Crippen molar-refractivity contribution in [3.05, 3.63) is 69.8 Å². The lowest BCUT2D eigenvalue weighted by molar-refractivity contribution is -0.387. The molecule has 0 aliphatic heterocycles. The number of nitrogens with one attached hydrogen (secondary N) is 1. The van der Waals surface area contributed by atoms with Crippen LogP contribution in [0.25, 0.3) is 0 Å². The van der Waals surface area contributed by atoms with Crippen LogP contribution in [-0.4, -0.2) is 36.2 Å². The van der Waals surface area contributed by atoms with Crippen molar-refractivity contribution in [2.24, 2.45) is 0 Å². The Morgan fingerprint density at radius 3 is 2.50 bits per heavy atom. The molecule has 0 fully saturated rings. The summed E-state index contributed by atoms with van der Waals surface area (Å²) in [5, 5.41) is 13.8. The van der Waals surface area contributed by atoms with Gasteiger partial charge in [-0.2, -0.15) is 0 Å². The van der Waals surface area contributed by atoms with E-state index in [1.54, 1.807) is 6.26 Å². The van der Waals surface area contributed by atoms with Crippen LogP contribution < -0.4 is 5.32 Å². The van der Waals surface area contributed by atoms with Crippen molar-refractivity contribution < 1.29 is 19.2 Å². The molecule has 0 spiro atoms. The van der Waals surface area contributed by atoms with Gasteiger partial charge in [0.05, 0.1) is 16.9 Å². The Bertz CT molecular complexity index is 810. The Balaban J connectivity index is 2.22. The quantitative estimate of drug-likeness (QED) is 0.346. The number of hydrogen-bond acceptors (Lipinski definition) is 6. The predicted octanol–water partition coefficient (Wildman–Crippen LogP) is 2.83. The molecule has 2 aromatic rings. The molecule has 1 amide bonds. The highest BCUT2D eigenvalue weighted by atomic mass is 32.2. The molecule has 136 valence electrons. The van der Waals surface area contributed by atoms with Gasteiger partial charge < -0.3 is 10.1 Å². The SMILES string of the molecule is COC(=O)C(Cc1ccccc1)NC(=O)c1ccc(SC)c([N+](=O)[O-])c1. The molecule has 0 saturated heterocycles. The Morgan fingerprint density at radius 1 is 1.23 bits per heavy atom. The summed E-state index contributed by atoms with van der Waals surface area (Å²) in [5.41, 5.74) is 0.811. The first-order chi connectivity index (χ1) is 12.5. The number of thioether (sulfide) groups is 1. The topological polar surface area (TPSA) is 98.5 Å². The van der Waals surface area contributed by atoms with E-state index < -0.39 is 22.8 Å². The lowest BCUT2D eigenvalue weighted by Gasteiger charge is -2.17. The number of nitro benzene ring substituents is 1. The molecular weight excluding hydrogens is 356 g/mol. The number of ether oxygens (including phenoxy) is 1. The third kappa shape index (κ3) is 4.82. The van der Waals surface area contributed by atoms with Crippen molar-refractivity contribution in [1.29, 1.82) is 0 Å². The molecule has 1 unspecified atom stereocenters. The fraction of sp³-hybridized carbons (Fsp3) is 0.222. The normalized spacial score (nSPS) is 11.5. The number of carbonyl (C=O) groups is 2. The number of rotatable bonds is 7. The van der Waals surface area contributed by atoms with E-state index in [9.17, 15) is 19.7 Å². The van der Waals surface area contributed by atoms with E-state index in [1.165, 1.54) is 37.1 Å². The van der Waals surface area contributed by atoms with Crippen LogP contribution in [0.3, 0.4) is 0 Å². The minimum absolute atomic E-state index is 0.108. The lowest BCUT2D eigenvalue weighted by Crippen LogP contribution is -2.43. The maximum Gasteiger partial charge on any atom is 0.328 e. The number of esters is 1. The number of benzene rings is 2. The molecule has 0 heterocycles. The summed E-state index contributed by atoms with van der Waals surface area (Å²) in [7, 11) is 1.24. The van der Waals surface area contributed by atoms with Gasteiger partial charge in [0.25, 0.3) is 11.6 Å². The van der Waals surface area contributed by atoms with Gasteiger partial charge in [-0.25, -0.2) is 4.79 Å². The fourth-order valence-electron chi connectivity index (χ4n) is 2.40. The van der Waals surface area contributed by atoms with Crippen LogP contribution in [0, 0.1) is 10.1 Å². The standard InChI is InChI=1S/C18H18N2O5S/c1-25-18(22)14(10-12-6-4-3-5-7-12)19-17(21)13-8-9-16(26-2)15(11-13)20(23)24/h3-9,11,14H,10H2,1-2H3,(H,19,21). The maximum atomic E-state index is 12.5. The highest BCUT2D eigenvalue weighted by Crippen LogP contribution is 2.28. The van der Waals surface area contributed by atoms with Gasteiger partial charge in [-0.05, 0) is 24.0 Å². The summed E-state index contributed by atoms with van der Waals surface area (Å²) in [6, 6.07) is 12.5. The summed E-state index contributed by atoms with van der Waals surface area (Å²) in [6.07, 6.45) is 1.97. The van der Waals surface area contributed by atoms with Gasteiger partial charge in [0.2, 0.25) is 0 Å². The molecule has 2 rings (SSSR count). The first-order valence-corrected chi connectivity index (χ1v) is 8.93. The molecule has 1 N–H and O–H groups in total. The molecule has 0 aliphatic rings. The second-order valence-electron chi connectivity index (χ2n) is 5.38. The average Bonchev–Trinajstić information content (AvgIpc) is 2.66. The van der Waals surface area contributed by atoms with Crippen LogP contribution in [0.2, 0.25) is 0 Å². The Morgan fingerprint density at radius 2 is 1.92 bits per heavy atom. The van der Waals surface area contributed by atoms with Crippen molar-refractivity contribution in [2.45, 2.75) is 17.4 Å². The summed E-state index contributed by atoms with van der Waals surface area (Å²) in [6.45, 7) is 0. The van der Waals surface area contributed by atoms with Crippen molar-refractivity contribution >= 4 is 29.3 Å². The number of amides is 1. The molecular formula is C18H18N2O5S. The van der Waals surface area contributed by atoms with Crippen molar-refractivity contribution in [2.75, 3.05) is 13.4 Å². The molecule has 1 atom stereocenters. The van der Waals surface area contributed by atoms with Crippen molar-refractivity contribution in [3.63, 3.8) is 0 Å². The minimum Gasteiger partial charge on any atom is -0.467 e. The molecule has 0 bridgehead atoms. The van der Waals surface area contributed by atoms with Crippen molar-refractivity contribution in [1.82, 2.24) is 5.32 Å². The van der Waals surface area contributed by atoms with E-state index in [0.29, 0.717) is 4.90 Å². The van der Waals surface area contributed by atoms with Gasteiger partial charge in [-0.1, -0.05) is 30.3 Å². The van der Waals surface area contributed by atoms with Gasteiger partial charge in [-0.15, -0.1) is 11.8 Å². The van der Waals surface area contributed by atoms with E-state index in [0.717, 1.165) is 5.56 Å². The molecule has 0 aromatic heterocycles.